The van der Waals surface area contributed by atoms with Crippen molar-refractivity contribution in [3.05, 3.63) is 83.5 Å². The number of nitrogens with zero attached hydrogens (tertiary/aromatic N) is 2. The highest BCUT2D eigenvalue weighted by Crippen LogP contribution is 2.22. The molecule has 27 heavy (non-hydrogen) atoms. The monoisotopic (exact) mass is 379 g/mol. The van der Waals surface area contributed by atoms with Gasteiger partial charge in [0.2, 0.25) is 0 Å². The van der Waals surface area contributed by atoms with Gasteiger partial charge in [-0.2, -0.15) is 0 Å². The van der Waals surface area contributed by atoms with E-state index in [2.05, 4.69) is 15.5 Å². The maximum Gasteiger partial charge on any atom is 0.307 e. The van der Waals surface area contributed by atoms with E-state index in [4.69, 9.17) is 20.5 Å². The summed E-state index contributed by atoms with van der Waals surface area (Å²) in [6, 6.07) is 18.4. The SMILES string of the molecule is O=C(NCc1cc(-c2ccc(Cl)cc2)on1)c1ncc(-c2ccccc2)o1. The minimum Gasteiger partial charge on any atom is -0.432 e. The molecule has 0 saturated carbocycles. The summed E-state index contributed by atoms with van der Waals surface area (Å²) in [5.41, 5.74) is 2.29. The van der Waals surface area contributed by atoms with Crippen LogP contribution in [-0.4, -0.2) is 16.0 Å². The van der Waals surface area contributed by atoms with Crippen LogP contribution in [0.4, 0.5) is 0 Å². The van der Waals surface area contributed by atoms with Crippen LogP contribution >= 0.6 is 11.6 Å². The van der Waals surface area contributed by atoms with E-state index in [-0.39, 0.29) is 12.4 Å². The first-order valence-electron chi connectivity index (χ1n) is 8.20. The molecule has 0 bridgehead atoms. The van der Waals surface area contributed by atoms with Gasteiger partial charge >= 0.3 is 5.91 Å². The Morgan fingerprint density at radius 1 is 1.00 bits per heavy atom. The van der Waals surface area contributed by atoms with E-state index in [1.807, 2.05) is 42.5 Å². The summed E-state index contributed by atoms with van der Waals surface area (Å²) in [6.45, 7) is 0.193. The zero-order chi connectivity index (χ0) is 18.6. The molecule has 4 rings (SSSR count). The first kappa shape index (κ1) is 17.1. The van der Waals surface area contributed by atoms with Crippen LogP contribution in [0, 0.1) is 0 Å². The summed E-state index contributed by atoms with van der Waals surface area (Å²) in [6.07, 6.45) is 1.53. The smallest absolute Gasteiger partial charge is 0.307 e. The Balaban J connectivity index is 1.40. The second-order valence-corrected chi connectivity index (χ2v) is 6.20. The van der Waals surface area contributed by atoms with E-state index in [0.717, 1.165) is 11.1 Å². The standard InChI is InChI=1S/C20H14ClN3O3/c21-15-8-6-14(7-9-15)17-10-16(24-27-17)11-22-19(25)20-23-12-18(26-20)13-4-2-1-3-5-13/h1-10,12H,11H2,(H,22,25). The Morgan fingerprint density at radius 3 is 2.52 bits per heavy atom. The number of rotatable bonds is 5. The molecule has 0 atom stereocenters. The lowest BCUT2D eigenvalue weighted by atomic mass is 10.1. The predicted octanol–water partition coefficient (Wildman–Crippen LogP) is 4.58. The summed E-state index contributed by atoms with van der Waals surface area (Å²) in [5.74, 6) is 0.703. The van der Waals surface area contributed by atoms with Crippen molar-refractivity contribution in [2.24, 2.45) is 0 Å². The summed E-state index contributed by atoms with van der Waals surface area (Å²) < 4.78 is 10.8. The third-order valence-electron chi connectivity index (χ3n) is 3.88. The number of amides is 1. The van der Waals surface area contributed by atoms with Crippen LogP contribution in [-0.2, 0) is 6.54 Å². The second kappa shape index (κ2) is 7.47. The molecule has 0 aliphatic rings. The average Bonchev–Trinajstić information content (AvgIpc) is 3.37. The number of carbonyl (C=O) groups is 1. The Morgan fingerprint density at radius 2 is 1.74 bits per heavy atom. The minimum atomic E-state index is -0.423. The molecule has 0 fully saturated rings. The van der Waals surface area contributed by atoms with Gasteiger partial charge in [0.1, 0.15) is 5.69 Å². The molecule has 0 aliphatic heterocycles. The molecule has 1 N–H and O–H groups in total. The van der Waals surface area contributed by atoms with Crippen LogP contribution < -0.4 is 5.32 Å². The van der Waals surface area contributed by atoms with Crippen LogP contribution in [0.15, 0.2) is 75.8 Å². The van der Waals surface area contributed by atoms with Crippen molar-refractivity contribution in [2.45, 2.75) is 6.54 Å². The number of halogens is 1. The van der Waals surface area contributed by atoms with Crippen LogP contribution in [0.3, 0.4) is 0 Å². The van der Waals surface area contributed by atoms with Crippen LogP contribution in [0.2, 0.25) is 5.02 Å². The number of carbonyl (C=O) groups excluding carboxylic acids is 1. The van der Waals surface area contributed by atoms with Crippen molar-refractivity contribution in [1.29, 1.82) is 0 Å². The minimum absolute atomic E-state index is 0.00438. The highest BCUT2D eigenvalue weighted by molar-refractivity contribution is 6.30. The normalized spacial score (nSPS) is 10.7. The molecule has 2 aromatic carbocycles. The van der Waals surface area contributed by atoms with Gasteiger partial charge in [0.05, 0.1) is 12.7 Å². The van der Waals surface area contributed by atoms with Gasteiger partial charge in [-0.1, -0.05) is 47.1 Å². The fourth-order valence-electron chi connectivity index (χ4n) is 2.51. The molecule has 4 aromatic rings. The van der Waals surface area contributed by atoms with E-state index < -0.39 is 5.91 Å². The zero-order valence-corrected chi connectivity index (χ0v) is 14.8. The van der Waals surface area contributed by atoms with Gasteiger partial charge in [-0.3, -0.25) is 4.79 Å². The van der Waals surface area contributed by atoms with E-state index in [1.54, 1.807) is 18.2 Å². The predicted molar refractivity (Wildman–Crippen MR) is 100 cm³/mol. The Labute approximate surface area is 159 Å². The number of aromatic nitrogens is 2. The van der Waals surface area contributed by atoms with Crippen LogP contribution in [0.5, 0.6) is 0 Å². The number of oxazole rings is 1. The van der Waals surface area contributed by atoms with Crippen molar-refractivity contribution >= 4 is 17.5 Å². The van der Waals surface area contributed by atoms with Gasteiger partial charge in [0.15, 0.2) is 11.5 Å². The van der Waals surface area contributed by atoms with Crippen LogP contribution in [0.25, 0.3) is 22.6 Å². The van der Waals surface area contributed by atoms with Gasteiger partial charge < -0.3 is 14.3 Å². The number of nitrogens with one attached hydrogen (secondary N) is 1. The molecule has 0 saturated heterocycles. The van der Waals surface area contributed by atoms with Gasteiger partial charge in [0, 0.05) is 22.2 Å². The molecular formula is C20H14ClN3O3. The fraction of sp³-hybridized carbons (Fsp3) is 0.0500. The lowest BCUT2D eigenvalue weighted by Gasteiger charge is -1.98. The molecule has 134 valence electrons. The van der Waals surface area contributed by atoms with E-state index in [1.165, 1.54) is 6.20 Å². The second-order valence-electron chi connectivity index (χ2n) is 5.77. The van der Waals surface area contributed by atoms with Crippen LogP contribution in [0.1, 0.15) is 16.4 Å². The van der Waals surface area contributed by atoms with Gasteiger partial charge in [0.25, 0.3) is 5.89 Å². The maximum absolute atomic E-state index is 12.2. The maximum atomic E-state index is 12.2. The third-order valence-corrected chi connectivity index (χ3v) is 4.13. The molecule has 1 amide bonds. The quantitative estimate of drug-likeness (QED) is 0.549. The van der Waals surface area contributed by atoms with Gasteiger partial charge in [-0.25, -0.2) is 4.98 Å². The Bertz CT molecular complexity index is 1060. The Hall–Kier alpha value is -3.38. The van der Waals surface area contributed by atoms with E-state index >= 15 is 0 Å². The molecular weight excluding hydrogens is 366 g/mol. The van der Waals surface area contributed by atoms with E-state index in [0.29, 0.717) is 22.2 Å². The summed E-state index contributed by atoms with van der Waals surface area (Å²) in [7, 11) is 0. The summed E-state index contributed by atoms with van der Waals surface area (Å²) in [5, 5.41) is 7.32. The van der Waals surface area contributed by atoms with Crippen molar-refractivity contribution in [1.82, 2.24) is 15.5 Å². The fourth-order valence-corrected chi connectivity index (χ4v) is 2.63. The molecule has 7 heteroatoms. The van der Waals surface area contributed by atoms with Gasteiger partial charge in [-0.05, 0) is 24.3 Å². The third kappa shape index (κ3) is 3.91. The highest BCUT2D eigenvalue weighted by atomic mass is 35.5. The van der Waals surface area contributed by atoms with E-state index in [9.17, 15) is 4.79 Å². The van der Waals surface area contributed by atoms with Crippen molar-refractivity contribution in [2.75, 3.05) is 0 Å². The molecule has 2 aromatic heterocycles. The topological polar surface area (TPSA) is 81.2 Å². The molecule has 0 unspecified atom stereocenters. The van der Waals surface area contributed by atoms with Crippen molar-refractivity contribution in [3.8, 4) is 22.6 Å². The number of benzene rings is 2. The number of hydrogen-bond donors (Lipinski definition) is 1. The molecule has 0 aliphatic carbocycles. The largest absolute Gasteiger partial charge is 0.432 e. The zero-order valence-electron chi connectivity index (χ0n) is 14.1. The molecule has 6 nitrogen and oxygen atoms in total. The highest BCUT2D eigenvalue weighted by Gasteiger charge is 2.15. The average molecular weight is 380 g/mol. The first-order chi connectivity index (χ1) is 13.2. The van der Waals surface area contributed by atoms with Gasteiger partial charge in [-0.15, -0.1) is 0 Å². The lowest BCUT2D eigenvalue weighted by Crippen LogP contribution is -2.23. The summed E-state index contributed by atoms with van der Waals surface area (Å²) >= 11 is 5.88. The molecule has 0 radical (unpaired) electrons. The first-order valence-corrected chi connectivity index (χ1v) is 8.58. The number of hydrogen-bond acceptors (Lipinski definition) is 5. The molecule has 2 heterocycles. The molecule has 0 spiro atoms. The summed E-state index contributed by atoms with van der Waals surface area (Å²) in [4.78, 5) is 16.3. The lowest BCUT2D eigenvalue weighted by molar-refractivity contribution is 0.0916. The van der Waals surface area contributed by atoms with Crippen molar-refractivity contribution < 1.29 is 13.7 Å². The van der Waals surface area contributed by atoms with Crippen molar-refractivity contribution in [3.63, 3.8) is 0 Å². The Kier molecular flexibility index (Phi) is 4.72.